The maximum absolute atomic E-state index is 13.3. The summed E-state index contributed by atoms with van der Waals surface area (Å²) in [5.41, 5.74) is 4.63. The maximum Gasteiger partial charge on any atom is 0.272 e. The molecule has 0 radical (unpaired) electrons. The van der Waals surface area contributed by atoms with Crippen LogP contribution in [0.25, 0.3) is 17.3 Å². The van der Waals surface area contributed by atoms with Gasteiger partial charge in [0.25, 0.3) is 11.8 Å². The molecule has 5 rings (SSSR count). The van der Waals surface area contributed by atoms with E-state index in [1.54, 1.807) is 49.6 Å². The van der Waals surface area contributed by atoms with Crippen LogP contribution < -0.4 is 20.7 Å². The topological polar surface area (TPSA) is 109 Å². The summed E-state index contributed by atoms with van der Waals surface area (Å²) in [7, 11) is 1.62. The zero-order valence-electron chi connectivity index (χ0n) is 24.6. The molecule has 0 spiro atoms. The number of anilines is 2. The number of hydrogen-bond acceptors (Lipinski definition) is 7. The van der Waals surface area contributed by atoms with Gasteiger partial charge in [0, 0.05) is 27.1 Å². The number of aryl methyl sites for hydroxylation is 1. The fraction of sp³-hybridized carbons (Fsp3) is 0.0857. The first kappa shape index (κ1) is 31.2. The molecule has 0 aliphatic carbocycles. The molecule has 1 aromatic heterocycles. The SMILES string of the molecule is COc1ccc(-c2csc(NC(=O)CSc3ccc(NC(=O)/C(=C/c4cccc(C)c4)NC(=O)c4ccccc4)cc3)n2)cc1. The molecular weight excluding hydrogens is 605 g/mol. The van der Waals surface area contributed by atoms with E-state index >= 15 is 0 Å². The first-order valence-corrected chi connectivity index (χ1v) is 15.8. The van der Waals surface area contributed by atoms with Gasteiger partial charge in [0.15, 0.2) is 5.13 Å². The fourth-order valence-electron chi connectivity index (χ4n) is 4.23. The van der Waals surface area contributed by atoms with Crippen molar-refractivity contribution in [2.75, 3.05) is 23.5 Å². The highest BCUT2D eigenvalue weighted by atomic mass is 32.2. The number of amides is 3. The van der Waals surface area contributed by atoms with Crippen molar-refractivity contribution in [3.05, 3.63) is 131 Å². The number of thioether (sulfide) groups is 1. The van der Waals surface area contributed by atoms with Gasteiger partial charge in [-0.25, -0.2) is 4.98 Å². The Morgan fingerprint density at radius 2 is 1.64 bits per heavy atom. The maximum atomic E-state index is 13.3. The van der Waals surface area contributed by atoms with Crippen LogP contribution in [0.1, 0.15) is 21.5 Å². The number of carbonyl (C=O) groups excluding carboxylic acids is 3. The number of nitrogens with one attached hydrogen (secondary N) is 3. The van der Waals surface area contributed by atoms with E-state index in [-0.39, 0.29) is 23.3 Å². The van der Waals surface area contributed by atoms with Gasteiger partial charge in [-0.3, -0.25) is 14.4 Å². The number of ether oxygens (including phenoxy) is 1. The lowest BCUT2D eigenvalue weighted by molar-refractivity contribution is -0.114. The predicted octanol–water partition coefficient (Wildman–Crippen LogP) is 7.27. The van der Waals surface area contributed by atoms with Gasteiger partial charge in [-0.05, 0) is 79.2 Å². The van der Waals surface area contributed by atoms with Gasteiger partial charge in [-0.2, -0.15) is 0 Å². The lowest BCUT2D eigenvalue weighted by Crippen LogP contribution is -2.30. The fourth-order valence-corrected chi connectivity index (χ4v) is 5.67. The number of nitrogens with zero attached hydrogens (tertiary/aromatic N) is 1. The number of carbonyl (C=O) groups is 3. The van der Waals surface area contributed by atoms with Crippen LogP contribution in [0.5, 0.6) is 5.75 Å². The first-order valence-electron chi connectivity index (χ1n) is 13.9. The van der Waals surface area contributed by atoms with Gasteiger partial charge in [0.2, 0.25) is 5.91 Å². The van der Waals surface area contributed by atoms with E-state index in [2.05, 4.69) is 20.9 Å². The molecule has 1 heterocycles. The van der Waals surface area contributed by atoms with Gasteiger partial charge >= 0.3 is 0 Å². The van der Waals surface area contributed by atoms with Crippen LogP contribution >= 0.6 is 23.1 Å². The van der Waals surface area contributed by atoms with E-state index in [4.69, 9.17) is 4.74 Å². The summed E-state index contributed by atoms with van der Waals surface area (Å²) < 4.78 is 5.20. The van der Waals surface area contributed by atoms with Crippen LogP contribution in [0.4, 0.5) is 10.8 Å². The number of aromatic nitrogens is 1. The molecule has 3 N–H and O–H groups in total. The van der Waals surface area contributed by atoms with E-state index in [9.17, 15) is 14.4 Å². The lowest BCUT2D eigenvalue weighted by atomic mass is 10.1. The van der Waals surface area contributed by atoms with E-state index in [1.165, 1.54) is 23.1 Å². The third-order valence-corrected chi connectivity index (χ3v) is 8.27. The van der Waals surface area contributed by atoms with Crippen molar-refractivity contribution in [1.29, 1.82) is 0 Å². The summed E-state index contributed by atoms with van der Waals surface area (Å²) in [5, 5.41) is 10.9. The molecule has 4 aromatic carbocycles. The predicted molar refractivity (Wildman–Crippen MR) is 182 cm³/mol. The Kier molecular flexibility index (Phi) is 10.4. The Balaban J connectivity index is 1.17. The molecule has 0 atom stereocenters. The second kappa shape index (κ2) is 15.0. The van der Waals surface area contributed by atoms with Crippen molar-refractivity contribution >= 4 is 57.7 Å². The van der Waals surface area contributed by atoms with Crippen LogP contribution in [-0.2, 0) is 9.59 Å². The zero-order valence-corrected chi connectivity index (χ0v) is 26.2. The highest BCUT2D eigenvalue weighted by Crippen LogP contribution is 2.27. The third kappa shape index (κ3) is 8.91. The number of benzene rings is 4. The average Bonchev–Trinajstić information content (AvgIpc) is 3.53. The van der Waals surface area contributed by atoms with Crippen molar-refractivity contribution in [1.82, 2.24) is 10.3 Å². The minimum absolute atomic E-state index is 0.113. The Hall–Kier alpha value is -5.19. The van der Waals surface area contributed by atoms with Crippen molar-refractivity contribution in [2.24, 2.45) is 0 Å². The van der Waals surface area contributed by atoms with E-state index in [0.717, 1.165) is 33.0 Å². The molecular formula is C35H30N4O4S2. The number of hydrogen-bond donors (Lipinski definition) is 3. The van der Waals surface area contributed by atoms with Crippen molar-refractivity contribution in [3.63, 3.8) is 0 Å². The summed E-state index contributed by atoms with van der Waals surface area (Å²) in [6.45, 7) is 1.96. The van der Waals surface area contributed by atoms with Gasteiger partial charge in [0.05, 0.1) is 18.6 Å². The molecule has 3 amide bonds. The second-order valence-corrected chi connectivity index (χ2v) is 11.8. The number of methoxy groups -OCH3 is 1. The molecule has 0 bridgehead atoms. The largest absolute Gasteiger partial charge is 0.497 e. The highest BCUT2D eigenvalue weighted by Gasteiger charge is 2.15. The molecule has 0 aliphatic heterocycles. The molecule has 0 saturated carbocycles. The molecule has 0 fully saturated rings. The van der Waals surface area contributed by atoms with Crippen LogP contribution in [0.15, 0.2) is 119 Å². The van der Waals surface area contributed by atoms with Gasteiger partial charge in [0.1, 0.15) is 11.4 Å². The Labute approximate surface area is 269 Å². The van der Waals surface area contributed by atoms with E-state index in [1.807, 2.05) is 79.0 Å². The number of thiazole rings is 1. The molecule has 0 unspecified atom stereocenters. The quantitative estimate of drug-likeness (QED) is 0.104. The van der Waals surface area contributed by atoms with E-state index < -0.39 is 5.91 Å². The standard InChI is InChI=1S/C35H30N4O4S2/c1-23-7-6-8-24(19-23)20-30(37-33(41)26-9-4-3-5-10-26)34(42)36-27-13-17-29(18-14-27)44-22-32(40)39-35-38-31(21-45-35)25-11-15-28(43-2)16-12-25/h3-21H,22H2,1-2H3,(H,36,42)(H,37,41)(H,38,39,40)/b30-20-. The van der Waals surface area contributed by atoms with Crippen LogP contribution in [0.3, 0.4) is 0 Å². The van der Waals surface area contributed by atoms with Crippen molar-refractivity contribution in [3.8, 4) is 17.0 Å². The Morgan fingerprint density at radius 1 is 0.889 bits per heavy atom. The van der Waals surface area contributed by atoms with Gasteiger partial charge < -0.3 is 20.7 Å². The van der Waals surface area contributed by atoms with E-state index in [0.29, 0.717) is 16.4 Å². The zero-order chi connectivity index (χ0) is 31.6. The summed E-state index contributed by atoms with van der Waals surface area (Å²) in [5.74, 6) is -0.0598. The van der Waals surface area contributed by atoms with Crippen LogP contribution in [0, 0.1) is 6.92 Å². The summed E-state index contributed by atoms with van der Waals surface area (Å²) >= 11 is 2.73. The molecule has 5 aromatic rings. The molecule has 0 saturated heterocycles. The third-order valence-electron chi connectivity index (χ3n) is 6.50. The summed E-state index contributed by atoms with van der Waals surface area (Å²) in [6.07, 6.45) is 1.65. The summed E-state index contributed by atoms with van der Waals surface area (Å²) in [4.78, 5) is 44.1. The Bertz CT molecular complexity index is 1820. The molecule has 226 valence electrons. The lowest BCUT2D eigenvalue weighted by Gasteiger charge is -2.12. The van der Waals surface area contributed by atoms with Crippen LogP contribution in [0.2, 0.25) is 0 Å². The second-order valence-electron chi connectivity index (χ2n) is 9.87. The van der Waals surface area contributed by atoms with Crippen molar-refractivity contribution < 1.29 is 19.1 Å². The normalized spacial score (nSPS) is 11.0. The van der Waals surface area contributed by atoms with Gasteiger partial charge in [-0.1, -0.05) is 48.0 Å². The summed E-state index contributed by atoms with van der Waals surface area (Å²) in [6, 6.07) is 31.1. The average molecular weight is 635 g/mol. The minimum atomic E-state index is -0.460. The first-order chi connectivity index (χ1) is 21.9. The number of rotatable bonds is 11. The Morgan fingerprint density at radius 3 is 2.36 bits per heavy atom. The van der Waals surface area contributed by atoms with Crippen molar-refractivity contribution in [2.45, 2.75) is 11.8 Å². The monoisotopic (exact) mass is 634 g/mol. The van der Waals surface area contributed by atoms with Gasteiger partial charge in [-0.15, -0.1) is 23.1 Å². The smallest absolute Gasteiger partial charge is 0.272 e. The minimum Gasteiger partial charge on any atom is -0.497 e. The molecule has 8 nitrogen and oxygen atoms in total. The molecule has 45 heavy (non-hydrogen) atoms. The van der Waals surface area contributed by atoms with Crippen LogP contribution in [-0.4, -0.2) is 35.6 Å². The molecule has 10 heteroatoms. The highest BCUT2D eigenvalue weighted by molar-refractivity contribution is 8.00. The molecule has 0 aliphatic rings.